The molecular formula is C15H20N6O3. The number of nitrogens with zero attached hydrogens (tertiary/aromatic N) is 5. The van der Waals surface area contributed by atoms with E-state index in [-0.39, 0.29) is 24.9 Å². The van der Waals surface area contributed by atoms with Crippen molar-refractivity contribution in [3.8, 4) is 0 Å². The van der Waals surface area contributed by atoms with Gasteiger partial charge in [0, 0.05) is 32.4 Å². The second-order valence-corrected chi connectivity index (χ2v) is 5.93. The van der Waals surface area contributed by atoms with E-state index in [4.69, 9.17) is 0 Å². The van der Waals surface area contributed by atoms with E-state index in [0.717, 1.165) is 22.1 Å². The van der Waals surface area contributed by atoms with E-state index in [9.17, 15) is 14.4 Å². The summed E-state index contributed by atoms with van der Waals surface area (Å²) in [4.78, 5) is 49.0. The van der Waals surface area contributed by atoms with Crippen molar-refractivity contribution in [3.05, 3.63) is 17.6 Å². The Morgan fingerprint density at radius 2 is 1.92 bits per heavy atom. The van der Waals surface area contributed by atoms with Crippen LogP contribution >= 0.6 is 0 Å². The second kappa shape index (κ2) is 6.42. The number of hydrogen-bond acceptors (Lipinski definition) is 6. The Balaban J connectivity index is 1.58. The largest absolute Gasteiger partial charge is 0.352 e. The van der Waals surface area contributed by atoms with Gasteiger partial charge in [0.2, 0.25) is 5.91 Å². The van der Waals surface area contributed by atoms with E-state index in [2.05, 4.69) is 20.2 Å². The molecule has 1 aromatic heterocycles. The van der Waals surface area contributed by atoms with Gasteiger partial charge in [-0.25, -0.2) is 9.78 Å². The van der Waals surface area contributed by atoms with Crippen LogP contribution in [0, 0.1) is 13.8 Å². The minimum Gasteiger partial charge on any atom is -0.352 e. The van der Waals surface area contributed by atoms with Crippen molar-refractivity contribution < 1.29 is 14.4 Å². The van der Waals surface area contributed by atoms with Gasteiger partial charge in [0.05, 0.1) is 17.9 Å². The maximum Gasteiger partial charge on any atom is 0.325 e. The fourth-order valence-electron chi connectivity index (χ4n) is 2.84. The van der Waals surface area contributed by atoms with Crippen LogP contribution in [0.2, 0.25) is 0 Å². The average molecular weight is 332 g/mol. The normalized spacial score (nSPS) is 18.2. The lowest BCUT2D eigenvalue weighted by Gasteiger charge is -2.36. The summed E-state index contributed by atoms with van der Waals surface area (Å²) < 4.78 is 0. The first-order valence-corrected chi connectivity index (χ1v) is 7.87. The molecule has 3 rings (SSSR count). The highest BCUT2D eigenvalue weighted by Crippen LogP contribution is 2.17. The number of aromatic nitrogens is 2. The molecule has 0 bridgehead atoms. The maximum atomic E-state index is 12.3. The highest BCUT2D eigenvalue weighted by Gasteiger charge is 2.32. The van der Waals surface area contributed by atoms with Crippen LogP contribution in [0.3, 0.4) is 0 Å². The summed E-state index contributed by atoms with van der Waals surface area (Å²) in [5, 5.41) is 2.41. The lowest BCUT2D eigenvalue weighted by molar-refractivity contribution is -0.136. The van der Waals surface area contributed by atoms with Crippen molar-refractivity contribution in [2.45, 2.75) is 13.8 Å². The molecule has 2 aliphatic heterocycles. The molecule has 3 heterocycles. The third kappa shape index (κ3) is 3.15. The Labute approximate surface area is 139 Å². The minimum atomic E-state index is -0.502. The molecule has 0 atom stereocenters. The number of carbonyl (C=O) groups excluding carboxylic acids is 3. The van der Waals surface area contributed by atoms with Crippen molar-refractivity contribution in [2.75, 3.05) is 44.2 Å². The number of anilines is 1. The Hall–Kier alpha value is -2.71. The van der Waals surface area contributed by atoms with E-state index < -0.39 is 6.03 Å². The average Bonchev–Trinajstić information content (AvgIpc) is 2.89. The second-order valence-electron chi connectivity index (χ2n) is 5.93. The molecular weight excluding hydrogens is 312 g/mol. The highest BCUT2D eigenvalue weighted by molar-refractivity contribution is 6.04. The third-order valence-electron chi connectivity index (χ3n) is 4.21. The first kappa shape index (κ1) is 16.2. The molecule has 9 heteroatoms. The smallest absolute Gasteiger partial charge is 0.325 e. The van der Waals surface area contributed by atoms with Crippen molar-refractivity contribution >= 4 is 23.7 Å². The van der Waals surface area contributed by atoms with Gasteiger partial charge in [-0.05, 0) is 13.8 Å². The number of hydrogen-bond donors (Lipinski definition) is 1. The molecule has 0 saturated carbocycles. The van der Waals surface area contributed by atoms with Gasteiger partial charge >= 0.3 is 6.03 Å². The summed E-state index contributed by atoms with van der Waals surface area (Å²) in [6.07, 6.45) is 1.73. The molecule has 0 radical (unpaired) electrons. The lowest BCUT2D eigenvalue weighted by atomic mass is 10.2. The van der Waals surface area contributed by atoms with E-state index in [1.54, 1.807) is 11.1 Å². The Morgan fingerprint density at radius 1 is 1.21 bits per heavy atom. The molecule has 0 aromatic carbocycles. The molecule has 1 N–H and O–H groups in total. The number of aryl methyl sites for hydroxylation is 2. The van der Waals surface area contributed by atoms with Gasteiger partial charge < -0.3 is 15.1 Å². The van der Waals surface area contributed by atoms with E-state index >= 15 is 0 Å². The van der Waals surface area contributed by atoms with Crippen LogP contribution in [-0.2, 0) is 9.59 Å². The predicted molar refractivity (Wildman–Crippen MR) is 85.4 cm³/mol. The fraction of sp³-hybridized carbons (Fsp3) is 0.533. The van der Waals surface area contributed by atoms with Gasteiger partial charge in [0.15, 0.2) is 0 Å². The van der Waals surface area contributed by atoms with Crippen LogP contribution in [0.1, 0.15) is 11.4 Å². The van der Waals surface area contributed by atoms with Crippen LogP contribution in [0.25, 0.3) is 0 Å². The topological polar surface area (TPSA) is 98.7 Å². The third-order valence-corrected chi connectivity index (χ3v) is 4.21. The van der Waals surface area contributed by atoms with Crippen LogP contribution < -0.4 is 10.2 Å². The lowest BCUT2D eigenvalue weighted by Crippen LogP contribution is -2.52. The van der Waals surface area contributed by atoms with Crippen LogP contribution in [0.4, 0.5) is 10.6 Å². The highest BCUT2D eigenvalue weighted by atomic mass is 16.2. The molecule has 0 unspecified atom stereocenters. The molecule has 2 aliphatic rings. The molecule has 0 spiro atoms. The molecule has 9 nitrogen and oxygen atoms in total. The number of imide groups is 1. The first-order valence-electron chi connectivity index (χ1n) is 7.87. The van der Waals surface area contributed by atoms with Crippen molar-refractivity contribution in [1.82, 2.24) is 25.1 Å². The Morgan fingerprint density at radius 3 is 2.54 bits per heavy atom. The zero-order valence-corrected chi connectivity index (χ0v) is 13.8. The molecule has 128 valence electrons. The number of amides is 4. The van der Waals surface area contributed by atoms with E-state index in [1.165, 1.54) is 0 Å². The number of piperazine rings is 1. The van der Waals surface area contributed by atoms with Crippen LogP contribution in [0.5, 0.6) is 0 Å². The van der Waals surface area contributed by atoms with Crippen molar-refractivity contribution in [1.29, 1.82) is 0 Å². The van der Waals surface area contributed by atoms with Gasteiger partial charge in [-0.15, -0.1) is 0 Å². The quantitative estimate of drug-likeness (QED) is 0.735. The minimum absolute atomic E-state index is 0.0365. The monoisotopic (exact) mass is 332 g/mol. The summed E-state index contributed by atoms with van der Waals surface area (Å²) in [6, 6.07) is -0.502. The van der Waals surface area contributed by atoms with Gasteiger partial charge in [0.25, 0.3) is 5.91 Å². The predicted octanol–water partition coefficient (Wildman–Crippen LogP) is -0.706. The molecule has 4 amide bonds. The molecule has 24 heavy (non-hydrogen) atoms. The molecule has 2 fully saturated rings. The van der Waals surface area contributed by atoms with Gasteiger partial charge in [-0.3, -0.25) is 19.5 Å². The maximum absolute atomic E-state index is 12.3. The van der Waals surface area contributed by atoms with Crippen LogP contribution in [0.15, 0.2) is 6.20 Å². The summed E-state index contributed by atoms with van der Waals surface area (Å²) in [5.74, 6) is 0.265. The summed E-state index contributed by atoms with van der Waals surface area (Å²) in [6.45, 7) is 5.91. The summed E-state index contributed by atoms with van der Waals surface area (Å²) >= 11 is 0. The van der Waals surface area contributed by atoms with E-state index in [0.29, 0.717) is 26.2 Å². The number of carbonyl (C=O) groups is 3. The summed E-state index contributed by atoms with van der Waals surface area (Å²) in [7, 11) is 0. The number of nitrogens with one attached hydrogen (secondary N) is 1. The Kier molecular flexibility index (Phi) is 4.32. The van der Waals surface area contributed by atoms with Crippen molar-refractivity contribution in [3.63, 3.8) is 0 Å². The molecule has 0 aliphatic carbocycles. The zero-order chi connectivity index (χ0) is 17.3. The Bertz CT molecular complexity index is 668. The number of rotatable bonds is 3. The summed E-state index contributed by atoms with van der Waals surface area (Å²) in [5.41, 5.74) is 1.72. The SMILES string of the molecule is Cc1cnc(C)c(N2CCN(C(=O)CN3C(=O)CNC3=O)CC2)n1. The van der Waals surface area contributed by atoms with Crippen LogP contribution in [-0.4, -0.2) is 76.9 Å². The fourth-order valence-corrected chi connectivity index (χ4v) is 2.84. The number of urea groups is 1. The standard InChI is InChI=1S/C15H20N6O3/c1-10-7-16-11(2)14(18-10)20-5-3-19(4-6-20)13(23)9-21-12(22)8-17-15(21)24/h7H,3-6,8-9H2,1-2H3,(H,17,24). The van der Waals surface area contributed by atoms with Gasteiger partial charge in [0.1, 0.15) is 12.4 Å². The van der Waals surface area contributed by atoms with Crippen molar-refractivity contribution in [2.24, 2.45) is 0 Å². The first-order chi connectivity index (χ1) is 11.5. The van der Waals surface area contributed by atoms with Gasteiger partial charge in [-0.2, -0.15) is 0 Å². The molecule has 1 aromatic rings. The zero-order valence-electron chi connectivity index (χ0n) is 13.8. The van der Waals surface area contributed by atoms with E-state index in [1.807, 2.05) is 13.8 Å². The molecule has 2 saturated heterocycles. The van der Waals surface area contributed by atoms with Gasteiger partial charge in [-0.1, -0.05) is 0 Å².